The van der Waals surface area contributed by atoms with Crippen molar-refractivity contribution < 1.29 is 53.3 Å². The number of benzene rings is 4. The molecular formula is C42H42N4O13S3. The predicted molar refractivity (Wildman–Crippen MR) is 233 cm³/mol. The number of anilines is 3. The predicted octanol–water partition coefficient (Wildman–Crippen LogP) is 6.28. The van der Waals surface area contributed by atoms with Gasteiger partial charge in [0.25, 0.3) is 35.9 Å². The summed E-state index contributed by atoms with van der Waals surface area (Å²) in [4.78, 5) is 53.0. The summed E-state index contributed by atoms with van der Waals surface area (Å²) in [6.07, 6.45) is 7.14. The van der Waals surface area contributed by atoms with Gasteiger partial charge in [-0.25, -0.2) is 0 Å². The van der Waals surface area contributed by atoms with Crippen LogP contribution < -0.4 is 21.5 Å². The van der Waals surface area contributed by atoms with Crippen molar-refractivity contribution in [2.75, 3.05) is 17.2 Å². The van der Waals surface area contributed by atoms with Crippen LogP contribution >= 0.6 is 0 Å². The third-order valence-electron chi connectivity index (χ3n) is 9.33. The molecule has 1 aliphatic rings. The molecular weight excluding hydrogens is 865 g/mol. The van der Waals surface area contributed by atoms with E-state index in [1.54, 1.807) is 25.1 Å². The number of nitrogens with zero attached hydrogens (tertiary/aromatic N) is 1. The van der Waals surface area contributed by atoms with E-state index in [0.29, 0.717) is 18.2 Å². The average molecular weight is 907 g/mol. The highest BCUT2D eigenvalue weighted by Gasteiger charge is 2.35. The van der Waals surface area contributed by atoms with Gasteiger partial charge in [-0.3, -0.25) is 32.8 Å². The second-order valence-corrected chi connectivity index (χ2v) is 18.0. The zero-order valence-corrected chi connectivity index (χ0v) is 36.3. The maximum Gasteiger partial charge on any atom is 0.296 e. The first-order valence-corrected chi connectivity index (χ1v) is 23.1. The molecule has 0 saturated heterocycles. The largest absolute Gasteiger partial charge is 0.376 e. The van der Waals surface area contributed by atoms with Gasteiger partial charge < -0.3 is 20.5 Å². The fourth-order valence-corrected chi connectivity index (χ4v) is 8.55. The minimum Gasteiger partial charge on any atom is -0.376 e. The number of fused-ring (bicyclic) bond motifs is 2. The molecule has 1 amide bonds. The Morgan fingerprint density at radius 2 is 1.37 bits per heavy atom. The lowest BCUT2D eigenvalue weighted by atomic mass is 9.80. The first kappa shape index (κ1) is 46.8. The molecule has 0 fully saturated rings. The van der Waals surface area contributed by atoms with E-state index in [1.807, 2.05) is 13.0 Å². The topological polar surface area (TPSA) is 272 Å². The van der Waals surface area contributed by atoms with Crippen molar-refractivity contribution in [2.45, 2.75) is 55.2 Å². The first-order chi connectivity index (χ1) is 29.1. The van der Waals surface area contributed by atoms with E-state index in [9.17, 15) is 58.1 Å². The molecule has 4 aromatic carbocycles. The molecule has 20 heteroatoms. The van der Waals surface area contributed by atoms with Crippen LogP contribution in [0.2, 0.25) is 0 Å². The fourth-order valence-electron chi connectivity index (χ4n) is 6.64. The smallest absolute Gasteiger partial charge is 0.296 e. The van der Waals surface area contributed by atoms with Crippen molar-refractivity contribution in [2.24, 2.45) is 7.05 Å². The summed E-state index contributed by atoms with van der Waals surface area (Å²) in [6, 6.07) is 14.2. The maximum absolute atomic E-state index is 14.4. The molecule has 1 aromatic heterocycles. The van der Waals surface area contributed by atoms with Gasteiger partial charge in [0.05, 0.1) is 45.1 Å². The number of aryl methyl sites for hydroxylation is 1. The summed E-state index contributed by atoms with van der Waals surface area (Å²) in [5.74, 6) is -2.47. The number of amides is 1. The van der Waals surface area contributed by atoms with Crippen LogP contribution in [0.25, 0.3) is 22.0 Å². The fraction of sp³-hybridized carbons (Fsp3) is 0.190. The van der Waals surface area contributed by atoms with Crippen LogP contribution in [0.4, 0.5) is 17.1 Å². The SMILES string of the molecule is C/C=C(\C=C/CC)NCC(=O)Nc1cc(Nc2ccc3c4c2C(=O)c2ccccc2-c4c(C(=O)c2cccc(S(=O)(=O)O)c2)c(=O)n3C)c(S(=O)(=O)O)cc1S(=O)(=O)O.CCC. The first-order valence-electron chi connectivity index (χ1n) is 18.8. The number of pyridine rings is 1. The van der Waals surface area contributed by atoms with Crippen molar-refractivity contribution >= 4 is 75.8 Å². The molecule has 326 valence electrons. The minimum atomic E-state index is -5.32. The van der Waals surface area contributed by atoms with Gasteiger partial charge in [-0.15, -0.1) is 0 Å². The number of rotatable bonds is 13. The lowest BCUT2D eigenvalue weighted by molar-refractivity contribution is -0.115. The molecule has 0 spiro atoms. The normalized spacial score (nSPS) is 12.7. The van der Waals surface area contributed by atoms with Gasteiger partial charge >= 0.3 is 0 Å². The molecule has 0 radical (unpaired) electrons. The number of nitrogens with one attached hydrogen (secondary N) is 3. The summed E-state index contributed by atoms with van der Waals surface area (Å²) >= 11 is 0. The third kappa shape index (κ3) is 9.59. The summed E-state index contributed by atoms with van der Waals surface area (Å²) < 4.78 is 106. The highest BCUT2D eigenvalue weighted by atomic mass is 32.2. The van der Waals surface area contributed by atoms with Crippen LogP contribution in [0.3, 0.4) is 0 Å². The Morgan fingerprint density at radius 1 is 0.742 bits per heavy atom. The van der Waals surface area contributed by atoms with E-state index < -0.39 is 91.6 Å². The Labute approximate surface area is 357 Å². The van der Waals surface area contributed by atoms with Gasteiger partial charge in [-0.1, -0.05) is 75.7 Å². The van der Waals surface area contributed by atoms with Crippen LogP contribution in [0.1, 0.15) is 72.4 Å². The molecule has 17 nitrogen and oxygen atoms in total. The standard InChI is InChI=1S/C39H34N4O13S3.C3H8/c1-4-6-11-22(5-2)40-20-32(44)42-28-18-27(30(58(51,52)53)19-31(28)59(54,55)56)41-26-15-16-29-35-33(24-13-7-8-14-25(24)38(46)34(26)35)36(39(47)43(29)3)37(45)21-10-9-12-23(17-21)57(48,49)50;1-3-2/h5-19,40-41H,4,20H2,1-3H3,(H,42,44)(H,48,49,50)(H,51,52,53)(H,54,55,56);3H2,1-2H3/b11-6-,22-5+;. The molecule has 0 saturated carbocycles. The summed E-state index contributed by atoms with van der Waals surface area (Å²) in [6.45, 7) is 7.44. The molecule has 1 heterocycles. The Hall–Kier alpha value is -6.29. The highest BCUT2D eigenvalue weighted by molar-refractivity contribution is 7.87. The van der Waals surface area contributed by atoms with Crippen LogP contribution in [0.15, 0.2) is 116 Å². The Bertz CT molecular complexity index is 3140. The average Bonchev–Trinajstić information content (AvgIpc) is 3.20. The van der Waals surface area contributed by atoms with Crippen LogP contribution in [-0.4, -0.2) is 67.5 Å². The zero-order chi connectivity index (χ0) is 45.9. The summed E-state index contributed by atoms with van der Waals surface area (Å²) in [5, 5.41) is 7.92. The number of aromatic nitrogens is 1. The third-order valence-corrected chi connectivity index (χ3v) is 12.0. The van der Waals surface area contributed by atoms with Crippen molar-refractivity contribution in [1.82, 2.24) is 9.88 Å². The lowest BCUT2D eigenvalue weighted by Gasteiger charge is -2.26. The van der Waals surface area contributed by atoms with Gasteiger partial charge in [0.15, 0.2) is 11.6 Å². The van der Waals surface area contributed by atoms with Gasteiger partial charge in [0.2, 0.25) is 5.91 Å². The van der Waals surface area contributed by atoms with Gasteiger partial charge in [-0.2, -0.15) is 25.3 Å². The number of hydrogen-bond donors (Lipinski definition) is 6. The van der Waals surface area contributed by atoms with E-state index in [2.05, 4.69) is 29.8 Å². The van der Waals surface area contributed by atoms with E-state index in [-0.39, 0.29) is 44.4 Å². The van der Waals surface area contributed by atoms with Gasteiger partial charge in [0, 0.05) is 34.8 Å². The Kier molecular flexibility index (Phi) is 13.9. The Morgan fingerprint density at radius 3 is 1.97 bits per heavy atom. The van der Waals surface area contributed by atoms with Crippen LogP contribution in [-0.2, 0) is 42.2 Å². The second kappa shape index (κ2) is 18.4. The number of carbonyl (C=O) groups excluding carboxylic acids is 3. The molecule has 6 rings (SSSR count). The second-order valence-electron chi connectivity index (χ2n) is 13.8. The van der Waals surface area contributed by atoms with Crippen molar-refractivity contribution in [3.8, 4) is 11.1 Å². The van der Waals surface area contributed by atoms with Crippen LogP contribution in [0.5, 0.6) is 0 Å². The molecule has 0 unspecified atom stereocenters. The quantitative estimate of drug-likeness (QED) is 0.0423. The highest BCUT2D eigenvalue weighted by Crippen LogP contribution is 2.45. The molecule has 0 aliphatic heterocycles. The maximum atomic E-state index is 14.4. The number of hydrogen-bond acceptors (Lipinski definition) is 12. The number of carbonyl (C=O) groups is 3. The lowest BCUT2D eigenvalue weighted by Crippen LogP contribution is -2.29. The van der Waals surface area contributed by atoms with E-state index in [4.69, 9.17) is 0 Å². The van der Waals surface area contributed by atoms with Gasteiger partial charge in [0.1, 0.15) is 9.79 Å². The number of allylic oxidation sites excluding steroid dienone is 3. The molecule has 0 bridgehead atoms. The molecule has 1 aliphatic carbocycles. The van der Waals surface area contributed by atoms with Crippen molar-refractivity contribution in [1.29, 1.82) is 0 Å². The molecule has 62 heavy (non-hydrogen) atoms. The molecule has 6 N–H and O–H groups in total. The molecule has 5 aromatic rings. The zero-order valence-electron chi connectivity index (χ0n) is 33.9. The van der Waals surface area contributed by atoms with E-state index in [0.717, 1.165) is 22.8 Å². The summed E-state index contributed by atoms with van der Waals surface area (Å²) in [5.41, 5.74) is -2.39. The number of ketones is 2. The van der Waals surface area contributed by atoms with Gasteiger partial charge in [-0.05, 0) is 61.4 Å². The minimum absolute atomic E-state index is 0.00371. The monoisotopic (exact) mass is 906 g/mol. The Balaban J connectivity index is 0.00000235. The summed E-state index contributed by atoms with van der Waals surface area (Å²) in [7, 11) is -14.0. The van der Waals surface area contributed by atoms with E-state index in [1.165, 1.54) is 55.9 Å². The van der Waals surface area contributed by atoms with E-state index >= 15 is 0 Å². The molecule has 0 atom stereocenters. The van der Waals surface area contributed by atoms with Crippen molar-refractivity contribution in [3.63, 3.8) is 0 Å². The van der Waals surface area contributed by atoms with Crippen LogP contribution in [0, 0.1) is 0 Å². The van der Waals surface area contributed by atoms with Crippen molar-refractivity contribution in [3.05, 3.63) is 129 Å².